The van der Waals surface area contributed by atoms with Crippen molar-refractivity contribution in [1.29, 1.82) is 0 Å². The summed E-state index contributed by atoms with van der Waals surface area (Å²) >= 11 is 0. The molecule has 1 unspecified atom stereocenters. The molecule has 4 rings (SSSR count). The number of aromatic hydroxyl groups is 4. The second kappa shape index (κ2) is 4.98. The Bertz CT molecular complexity index is 1020. The Labute approximate surface area is 147 Å². The number of phenolic OH excluding ortho intramolecular Hbond substituents is 4. The average molecular weight is 356 g/mol. The molecular formula is C19H16O7. The molecule has 26 heavy (non-hydrogen) atoms. The molecule has 2 aliphatic carbocycles. The summed E-state index contributed by atoms with van der Waals surface area (Å²) in [5, 5.41) is 51.6. The zero-order valence-corrected chi connectivity index (χ0v) is 13.8. The summed E-state index contributed by atoms with van der Waals surface area (Å²) in [4.78, 5) is 25.8. The van der Waals surface area contributed by atoms with Crippen LogP contribution in [0.15, 0.2) is 12.1 Å². The molecule has 0 aliphatic heterocycles. The van der Waals surface area contributed by atoms with Crippen LogP contribution in [0.3, 0.4) is 0 Å². The molecule has 0 aromatic heterocycles. The Morgan fingerprint density at radius 3 is 1.77 bits per heavy atom. The molecule has 0 spiro atoms. The summed E-state index contributed by atoms with van der Waals surface area (Å²) in [7, 11) is 0. The van der Waals surface area contributed by atoms with E-state index < -0.39 is 56.9 Å². The number of hydrogen-bond donors (Lipinski definition) is 5. The van der Waals surface area contributed by atoms with Gasteiger partial charge in [0.05, 0.1) is 27.9 Å². The van der Waals surface area contributed by atoms with Crippen molar-refractivity contribution in [2.75, 3.05) is 0 Å². The molecule has 7 nitrogen and oxygen atoms in total. The number of carbonyl (C=O) groups excluding carboxylic acids is 2. The lowest BCUT2D eigenvalue weighted by molar-refractivity contribution is 0.0446. The van der Waals surface area contributed by atoms with Crippen molar-refractivity contribution in [3.05, 3.63) is 45.5 Å². The number of carbonyl (C=O) groups is 2. The summed E-state index contributed by atoms with van der Waals surface area (Å²) in [6, 6.07) is 2.15. The van der Waals surface area contributed by atoms with Crippen LogP contribution in [0.1, 0.15) is 56.3 Å². The van der Waals surface area contributed by atoms with Gasteiger partial charge in [0.25, 0.3) is 0 Å². The first-order chi connectivity index (χ1) is 12.1. The standard InChI is InChI=1S/C19H16O7/c1-19(26)5-4-7-8(6-19)16(23)14-13(15(7)22)17(24)11-9(20)2-3-10(21)12(11)18(14)25/h2-3,20-23,26H,4-6H2,1H3. The SMILES string of the molecule is CC1(O)CCc2c(O)c3c(c(O)c2C1)C(=O)c1c(O)ccc(O)c1C3=O. The zero-order chi connectivity index (χ0) is 19.0. The maximum absolute atomic E-state index is 12.9. The minimum atomic E-state index is -1.12. The third-order valence-electron chi connectivity index (χ3n) is 5.20. The molecule has 0 saturated heterocycles. The highest BCUT2D eigenvalue weighted by atomic mass is 16.3. The third-order valence-corrected chi connectivity index (χ3v) is 5.20. The minimum Gasteiger partial charge on any atom is -0.507 e. The highest BCUT2D eigenvalue weighted by Crippen LogP contribution is 2.48. The maximum atomic E-state index is 12.9. The molecule has 0 heterocycles. The third kappa shape index (κ3) is 1.97. The highest BCUT2D eigenvalue weighted by molar-refractivity contribution is 6.32. The Balaban J connectivity index is 2.07. The van der Waals surface area contributed by atoms with Gasteiger partial charge in [-0.05, 0) is 31.9 Å². The largest absolute Gasteiger partial charge is 0.507 e. The number of rotatable bonds is 0. The van der Waals surface area contributed by atoms with E-state index in [4.69, 9.17) is 0 Å². The van der Waals surface area contributed by atoms with Gasteiger partial charge in [0.15, 0.2) is 0 Å². The van der Waals surface area contributed by atoms with Crippen LogP contribution in [0.5, 0.6) is 23.0 Å². The predicted octanol–water partition coefficient (Wildman–Crippen LogP) is 1.52. The first-order valence-corrected chi connectivity index (χ1v) is 8.10. The van der Waals surface area contributed by atoms with Crippen LogP contribution in [0.2, 0.25) is 0 Å². The second-order valence-electron chi connectivity index (χ2n) is 7.09. The van der Waals surface area contributed by atoms with Crippen molar-refractivity contribution < 1.29 is 35.1 Å². The number of ketones is 2. The molecule has 1 atom stereocenters. The van der Waals surface area contributed by atoms with Gasteiger partial charge in [-0.1, -0.05) is 0 Å². The molecule has 0 bridgehead atoms. The average Bonchev–Trinajstić information content (AvgIpc) is 2.57. The van der Waals surface area contributed by atoms with Crippen LogP contribution in [0.4, 0.5) is 0 Å². The predicted molar refractivity (Wildman–Crippen MR) is 89.1 cm³/mol. The summed E-state index contributed by atoms with van der Waals surface area (Å²) in [5.41, 5.74) is -2.23. The van der Waals surface area contributed by atoms with Crippen molar-refractivity contribution >= 4 is 11.6 Å². The summed E-state index contributed by atoms with van der Waals surface area (Å²) < 4.78 is 0. The first kappa shape index (κ1) is 16.4. The van der Waals surface area contributed by atoms with Gasteiger partial charge in [0.1, 0.15) is 23.0 Å². The fourth-order valence-corrected chi connectivity index (χ4v) is 3.88. The molecule has 7 heteroatoms. The number of aliphatic hydroxyl groups is 1. The van der Waals surface area contributed by atoms with Crippen LogP contribution in [0, 0.1) is 0 Å². The van der Waals surface area contributed by atoms with E-state index in [2.05, 4.69) is 0 Å². The highest BCUT2D eigenvalue weighted by Gasteiger charge is 2.42. The van der Waals surface area contributed by atoms with Crippen LogP contribution in [0.25, 0.3) is 0 Å². The van der Waals surface area contributed by atoms with Gasteiger partial charge in [0, 0.05) is 17.5 Å². The fourth-order valence-electron chi connectivity index (χ4n) is 3.88. The maximum Gasteiger partial charge on any atom is 0.202 e. The van der Waals surface area contributed by atoms with Gasteiger partial charge in [0.2, 0.25) is 11.6 Å². The zero-order valence-electron chi connectivity index (χ0n) is 13.8. The van der Waals surface area contributed by atoms with E-state index >= 15 is 0 Å². The first-order valence-electron chi connectivity index (χ1n) is 8.10. The lowest BCUT2D eigenvalue weighted by Gasteiger charge is -2.33. The van der Waals surface area contributed by atoms with Gasteiger partial charge in [-0.15, -0.1) is 0 Å². The molecule has 134 valence electrons. The topological polar surface area (TPSA) is 135 Å². The van der Waals surface area contributed by atoms with Gasteiger partial charge in [-0.2, -0.15) is 0 Å². The second-order valence-corrected chi connectivity index (χ2v) is 7.09. The smallest absolute Gasteiger partial charge is 0.202 e. The van der Waals surface area contributed by atoms with Crippen molar-refractivity contribution in [2.45, 2.75) is 31.8 Å². The summed E-state index contributed by atoms with van der Waals surface area (Å²) in [6.45, 7) is 1.58. The van der Waals surface area contributed by atoms with E-state index in [-0.39, 0.29) is 24.0 Å². The van der Waals surface area contributed by atoms with Crippen LogP contribution < -0.4 is 0 Å². The lowest BCUT2D eigenvalue weighted by Crippen LogP contribution is -2.33. The lowest BCUT2D eigenvalue weighted by atomic mass is 9.74. The van der Waals surface area contributed by atoms with Crippen molar-refractivity contribution in [3.63, 3.8) is 0 Å². The normalized spacial score (nSPS) is 21.2. The van der Waals surface area contributed by atoms with Crippen molar-refractivity contribution in [2.24, 2.45) is 0 Å². The number of phenols is 4. The van der Waals surface area contributed by atoms with E-state index in [0.29, 0.717) is 12.0 Å². The van der Waals surface area contributed by atoms with E-state index in [9.17, 15) is 35.1 Å². The molecule has 0 radical (unpaired) electrons. The Kier molecular flexibility index (Phi) is 3.15. The summed E-state index contributed by atoms with van der Waals surface area (Å²) in [5.74, 6) is -3.65. The van der Waals surface area contributed by atoms with Gasteiger partial charge in [-0.25, -0.2) is 0 Å². The van der Waals surface area contributed by atoms with Crippen LogP contribution in [-0.4, -0.2) is 42.7 Å². The van der Waals surface area contributed by atoms with Crippen LogP contribution in [-0.2, 0) is 12.8 Å². The van der Waals surface area contributed by atoms with E-state index in [1.165, 1.54) is 0 Å². The number of hydrogen-bond acceptors (Lipinski definition) is 7. The Hall–Kier alpha value is -3.06. The molecule has 0 fully saturated rings. The Morgan fingerprint density at radius 2 is 1.27 bits per heavy atom. The van der Waals surface area contributed by atoms with E-state index in [1.807, 2.05) is 0 Å². The fraction of sp³-hybridized carbons (Fsp3) is 0.263. The van der Waals surface area contributed by atoms with Gasteiger partial charge < -0.3 is 25.5 Å². The molecule has 2 aliphatic rings. The molecule has 0 amide bonds. The van der Waals surface area contributed by atoms with E-state index in [0.717, 1.165) is 12.1 Å². The van der Waals surface area contributed by atoms with Gasteiger partial charge in [-0.3, -0.25) is 9.59 Å². The van der Waals surface area contributed by atoms with Crippen molar-refractivity contribution in [1.82, 2.24) is 0 Å². The molecule has 0 saturated carbocycles. The number of fused-ring (bicyclic) bond motifs is 3. The minimum absolute atomic E-state index is 0.00928. The molecular weight excluding hydrogens is 340 g/mol. The molecule has 5 N–H and O–H groups in total. The van der Waals surface area contributed by atoms with Gasteiger partial charge >= 0.3 is 0 Å². The Morgan fingerprint density at radius 1 is 0.808 bits per heavy atom. The molecule has 2 aromatic rings. The monoisotopic (exact) mass is 356 g/mol. The van der Waals surface area contributed by atoms with E-state index in [1.54, 1.807) is 6.92 Å². The van der Waals surface area contributed by atoms with Crippen molar-refractivity contribution in [3.8, 4) is 23.0 Å². The number of benzene rings is 2. The molecule has 2 aromatic carbocycles. The summed E-state index contributed by atoms with van der Waals surface area (Å²) in [6.07, 6.45) is 0.543. The quantitative estimate of drug-likeness (QED) is 0.385. The van der Waals surface area contributed by atoms with Crippen LogP contribution >= 0.6 is 0 Å².